The van der Waals surface area contributed by atoms with E-state index in [2.05, 4.69) is 25.9 Å². The van der Waals surface area contributed by atoms with Crippen molar-refractivity contribution in [2.75, 3.05) is 11.9 Å². The summed E-state index contributed by atoms with van der Waals surface area (Å²) in [4.78, 5) is 0. The SMILES string of the molecule is CC(C)(C)COc1cccc(F)c1NC=C(C#N)c1nn[nH]n1. The Bertz CT molecular complexity index is 727. The van der Waals surface area contributed by atoms with Crippen LogP contribution >= 0.6 is 0 Å². The summed E-state index contributed by atoms with van der Waals surface area (Å²) in [6, 6.07) is 6.45. The van der Waals surface area contributed by atoms with Crippen LogP contribution in [0.25, 0.3) is 5.57 Å². The van der Waals surface area contributed by atoms with Crippen molar-refractivity contribution in [1.82, 2.24) is 20.6 Å². The molecular formula is C15H17FN6O. The minimum Gasteiger partial charge on any atom is -0.491 e. The van der Waals surface area contributed by atoms with Crippen molar-refractivity contribution >= 4 is 11.3 Å². The molecule has 7 nitrogen and oxygen atoms in total. The number of para-hydroxylation sites is 1. The number of allylic oxidation sites excluding steroid dienone is 1. The summed E-state index contributed by atoms with van der Waals surface area (Å²) in [6.45, 7) is 6.47. The highest BCUT2D eigenvalue weighted by atomic mass is 19.1. The first kappa shape index (κ1) is 16.4. The van der Waals surface area contributed by atoms with Crippen molar-refractivity contribution in [3.05, 3.63) is 36.0 Å². The van der Waals surface area contributed by atoms with Crippen molar-refractivity contribution in [2.45, 2.75) is 20.8 Å². The van der Waals surface area contributed by atoms with E-state index in [9.17, 15) is 4.39 Å². The number of hydrogen-bond acceptors (Lipinski definition) is 6. The number of nitrogens with one attached hydrogen (secondary N) is 2. The van der Waals surface area contributed by atoms with Crippen LogP contribution in [0.2, 0.25) is 0 Å². The molecule has 0 aliphatic heterocycles. The Kier molecular flexibility index (Phi) is 4.91. The average Bonchev–Trinajstić information content (AvgIpc) is 3.01. The van der Waals surface area contributed by atoms with Gasteiger partial charge in [-0.1, -0.05) is 26.8 Å². The van der Waals surface area contributed by atoms with Gasteiger partial charge in [-0.15, -0.1) is 10.2 Å². The molecule has 0 unspecified atom stereocenters. The number of nitrogens with zero attached hydrogens (tertiary/aromatic N) is 4. The topological polar surface area (TPSA) is 99.5 Å². The maximum absolute atomic E-state index is 14.1. The number of H-pyrrole nitrogens is 1. The van der Waals surface area contributed by atoms with Crippen LogP contribution in [0, 0.1) is 22.6 Å². The van der Waals surface area contributed by atoms with Gasteiger partial charge in [-0.25, -0.2) is 4.39 Å². The number of nitriles is 1. The lowest BCUT2D eigenvalue weighted by Gasteiger charge is -2.20. The summed E-state index contributed by atoms with van der Waals surface area (Å²) in [7, 11) is 0. The number of halogens is 1. The Hall–Kier alpha value is -2.95. The zero-order chi connectivity index (χ0) is 16.9. The monoisotopic (exact) mass is 316 g/mol. The first-order valence-corrected chi connectivity index (χ1v) is 6.92. The highest BCUT2D eigenvalue weighted by Crippen LogP contribution is 2.29. The molecule has 2 N–H and O–H groups in total. The molecule has 2 rings (SSSR count). The molecule has 0 fully saturated rings. The Labute approximate surface area is 133 Å². The van der Waals surface area contributed by atoms with Gasteiger partial charge in [0.05, 0.1) is 6.61 Å². The fourth-order valence-corrected chi connectivity index (χ4v) is 1.63. The second-order valence-electron chi connectivity index (χ2n) is 6.01. The zero-order valence-electron chi connectivity index (χ0n) is 13.1. The molecule has 0 aliphatic rings. The van der Waals surface area contributed by atoms with Crippen molar-refractivity contribution in [3.63, 3.8) is 0 Å². The molecule has 1 aromatic carbocycles. The first-order chi connectivity index (χ1) is 10.9. The van der Waals surface area contributed by atoms with Gasteiger partial charge in [-0.05, 0) is 22.8 Å². The van der Waals surface area contributed by atoms with Crippen LogP contribution in [0.3, 0.4) is 0 Å². The first-order valence-electron chi connectivity index (χ1n) is 6.92. The van der Waals surface area contributed by atoms with Crippen LogP contribution in [0.4, 0.5) is 10.1 Å². The molecule has 0 saturated heterocycles. The molecule has 0 saturated carbocycles. The predicted octanol–water partition coefficient (Wildman–Crippen LogP) is 2.74. The molecule has 0 radical (unpaired) electrons. The lowest BCUT2D eigenvalue weighted by Crippen LogP contribution is -2.17. The fraction of sp³-hybridized carbons (Fsp3) is 0.333. The summed E-state index contributed by atoms with van der Waals surface area (Å²) >= 11 is 0. The van der Waals surface area contributed by atoms with Crippen molar-refractivity contribution in [1.29, 1.82) is 5.26 Å². The second kappa shape index (κ2) is 6.87. The number of anilines is 1. The lowest BCUT2D eigenvalue weighted by atomic mass is 9.99. The number of aromatic amines is 1. The third kappa shape index (κ3) is 4.51. The van der Waals surface area contributed by atoms with Crippen LogP contribution in [-0.2, 0) is 0 Å². The summed E-state index contributed by atoms with van der Waals surface area (Å²) < 4.78 is 19.7. The Balaban J connectivity index is 2.24. The third-order valence-electron chi connectivity index (χ3n) is 2.70. The largest absolute Gasteiger partial charge is 0.491 e. The van der Waals surface area contributed by atoms with Gasteiger partial charge < -0.3 is 10.1 Å². The fourth-order valence-electron chi connectivity index (χ4n) is 1.63. The van der Waals surface area contributed by atoms with Gasteiger partial charge in [0, 0.05) is 6.20 Å². The van der Waals surface area contributed by atoms with E-state index in [-0.39, 0.29) is 22.5 Å². The van der Waals surface area contributed by atoms with Crippen LogP contribution in [0.1, 0.15) is 26.6 Å². The molecule has 0 bridgehead atoms. The number of rotatable bonds is 5. The molecule has 0 aliphatic carbocycles. The maximum atomic E-state index is 14.1. The molecule has 8 heteroatoms. The summed E-state index contributed by atoms with van der Waals surface area (Å²) in [5.74, 6) is -0.00635. The summed E-state index contributed by atoms with van der Waals surface area (Å²) in [5.41, 5.74) is 0.193. The molecule has 2 aromatic rings. The van der Waals surface area contributed by atoms with Gasteiger partial charge in [0.2, 0.25) is 5.82 Å². The van der Waals surface area contributed by atoms with Gasteiger partial charge in [0.25, 0.3) is 0 Å². The average molecular weight is 316 g/mol. The molecule has 0 amide bonds. The molecule has 0 spiro atoms. The van der Waals surface area contributed by atoms with E-state index >= 15 is 0 Å². The summed E-state index contributed by atoms with van der Waals surface area (Å²) in [5, 5.41) is 24.9. The minimum absolute atomic E-state index is 0.0676. The number of aromatic nitrogens is 4. The van der Waals surface area contributed by atoms with E-state index in [1.807, 2.05) is 26.8 Å². The molecular weight excluding hydrogens is 299 g/mol. The number of hydrogen-bond donors (Lipinski definition) is 2. The minimum atomic E-state index is -0.488. The number of benzene rings is 1. The molecule has 120 valence electrons. The highest BCUT2D eigenvalue weighted by molar-refractivity contribution is 5.75. The Morgan fingerprint density at radius 2 is 2.26 bits per heavy atom. The van der Waals surface area contributed by atoms with Crippen molar-refractivity contribution in [3.8, 4) is 11.8 Å². The molecule has 0 atom stereocenters. The van der Waals surface area contributed by atoms with Crippen LogP contribution in [0.15, 0.2) is 24.4 Å². The van der Waals surface area contributed by atoms with Crippen molar-refractivity contribution in [2.24, 2.45) is 5.41 Å². The van der Waals surface area contributed by atoms with Crippen LogP contribution < -0.4 is 10.1 Å². The van der Waals surface area contributed by atoms with Crippen molar-refractivity contribution < 1.29 is 9.13 Å². The smallest absolute Gasteiger partial charge is 0.216 e. The van der Waals surface area contributed by atoms with E-state index in [1.165, 1.54) is 12.3 Å². The van der Waals surface area contributed by atoms with E-state index < -0.39 is 5.82 Å². The standard InChI is InChI=1S/C15H17FN6O/c1-15(2,3)9-23-12-6-4-5-11(16)13(12)18-8-10(7-17)14-19-21-22-20-14/h4-6,8,18H,9H2,1-3H3,(H,19,20,21,22). The Morgan fingerprint density at radius 1 is 1.48 bits per heavy atom. The van der Waals surface area contributed by atoms with Gasteiger partial charge in [0.1, 0.15) is 28.9 Å². The van der Waals surface area contributed by atoms with Crippen LogP contribution in [-0.4, -0.2) is 27.2 Å². The number of ether oxygens (including phenoxy) is 1. The van der Waals surface area contributed by atoms with E-state index in [0.717, 1.165) is 0 Å². The van der Waals surface area contributed by atoms with E-state index in [4.69, 9.17) is 10.00 Å². The van der Waals surface area contributed by atoms with E-state index in [1.54, 1.807) is 12.1 Å². The van der Waals surface area contributed by atoms with Gasteiger partial charge in [0.15, 0.2) is 0 Å². The van der Waals surface area contributed by atoms with E-state index in [0.29, 0.717) is 12.4 Å². The lowest BCUT2D eigenvalue weighted by molar-refractivity contribution is 0.198. The highest BCUT2D eigenvalue weighted by Gasteiger charge is 2.15. The third-order valence-corrected chi connectivity index (χ3v) is 2.70. The molecule has 1 heterocycles. The quantitative estimate of drug-likeness (QED) is 0.823. The Morgan fingerprint density at radius 3 is 2.87 bits per heavy atom. The zero-order valence-corrected chi connectivity index (χ0v) is 13.1. The number of tetrazole rings is 1. The maximum Gasteiger partial charge on any atom is 0.216 e. The predicted molar refractivity (Wildman–Crippen MR) is 82.7 cm³/mol. The molecule has 1 aromatic heterocycles. The second-order valence-corrected chi connectivity index (χ2v) is 6.01. The van der Waals surface area contributed by atoms with Gasteiger partial charge in [-0.3, -0.25) is 0 Å². The molecule has 23 heavy (non-hydrogen) atoms. The van der Waals surface area contributed by atoms with Gasteiger partial charge >= 0.3 is 0 Å². The van der Waals surface area contributed by atoms with Crippen LogP contribution in [0.5, 0.6) is 5.75 Å². The summed E-state index contributed by atoms with van der Waals surface area (Å²) in [6.07, 6.45) is 1.31. The normalized spacial score (nSPS) is 11.9. The van der Waals surface area contributed by atoms with Gasteiger partial charge in [-0.2, -0.15) is 10.5 Å².